The van der Waals surface area contributed by atoms with E-state index in [1.165, 1.54) is 6.07 Å². The van der Waals surface area contributed by atoms with Gasteiger partial charge in [-0.05, 0) is 66.6 Å². The molecule has 2 N–H and O–H groups in total. The summed E-state index contributed by atoms with van der Waals surface area (Å²) in [4.78, 5) is 24.4. The molecule has 0 radical (unpaired) electrons. The number of carbonyl (C=O) groups is 2. The molecule has 0 saturated heterocycles. The summed E-state index contributed by atoms with van der Waals surface area (Å²) < 4.78 is 5.74. The zero-order valence-electron chi connectivity index (χ0n) is 15.9. The molecule has 144 valence electrons. The standard InChI is InChI=1S/C22H26O5/c1-11-4-13-7-14(10-23)20-18(9-22(20,3)16(13)5-11)27-21(26)19-12(2)6-15(24)8-17(19)25/h6-8,10-11,13,16,18,20,24-25H,4-5,9H2,1-3H3/t11-,13+,16-,18-,20-,22-/m1/s1. The summed E-state index contributed by atoms with van der Waals surface area (Å²) in [5.74, 6) is 0.547. The van der Waals surface area contributed by atoms with Crippen LogP contribution in [-0.4, -0.2) is 28.6 Å². The SMILES string of the molecule is Cc1cc(O)cc(O)c1C(=O)O[C@@H]1C[C@]2(C)[C@@H]3C[C@H](C)C[C@H]3C=C(C=O)[C@H]12. The van der Waals surface area contributed by atoms with Crippen LogP contribution in [0, 0.1) is 36.0 Å². The number of esters is 1. The average Bonchev–Trinajstić information content (AvgIpc) is 2.93. The van der Waals surface area contributed by atoms with Gasteiger partial charge in [-0.3, -0.25) is 4.79 Å². The van der Waals surface area contributed by atoms with Crippen molar-refractivity contribution in [3.05, 3.63) is 34.9 Å². The molecule has 3 aliphatic rings. The Morgan fingerprint density at radius 2 is 2.04 bits per heavy atom. The van der Waals surface area contributed by atoms with Crippen molar-refractivity contribution in [1.82, 2.24) is 0 Å². The molecule has 0 unspecified atom stereocenters. The van der Waals surface area contributed by atoms with Crippen molar-refractivity contribution in [3.63, 3.8) is 0 Å². The van der Waals surface area contributed by atoms with E-state index >= 15 is 0 Å². The maximum Gasteiger partial charge on any atom is 0.342 e. The van der Waals surface area contributed by atoms with Crippen LogP contribution < -0.4 is 0 Å². The minimum Gasteiger partial charge on any atom is -0.508 e. The molecule has 0 spiro atoms. The fraction of sp³-hybridized carbons (Fsp3) is 0.545. The van der Waals surface area contributed by atoms with Crippen LogP contribution in [-0.2, 0) is 9.53 Å². The first-order valence-corrected chi connectivity index (χ1v) is 9.65. The minimum atomic E-state index is -0.607. The van der Waals surface area contributed by atoms with E-state index in [-0.39, 0.29) is 34.5 Å². The Morgan fingerprint density at radius 1 is 1.30 bits per heavy atom. The molecule has 5 heteroatoms. The first kappa shape index (κ1) is 18.1. The molecule has 1 aromatic rings. The largest absolute Gasteiger partial charge is 0.508 e. The number of phenolic OH excluding ortho intramolecular Hbond substituents is 2. The zero-order valence-corrected chi connectivity index (χ0v) is 15.9. The van der Waals surface area contributed by atoms with Crippen molar-refractivity contribution in [2.75, 3.05) is 0 Å². The van der Waals surface area contributed by atoms with Crippen molar-refractivity contribution in [1.29, 1.82) is 0 Å². The summed E-state index contributed by atoms with van der Waals surface area (Å²) in [6, 6.07) is 2.55. The maximum atomic E-state index is 12.7. The van der Waals surface area contributed by atoms with E-state index in [1.54, 1.807) is 6.92 Å². The van der Waals surface area contributed by atoms with E-state index in [2.05, 4.69) is 19.9 Å². The lowest BCUT2D eigenvalue weighted by Gasteiger charge is -2.59. The predicted molar refractivity (Wildman–Crippen MR) is 99.5 cm³/mol. The molecule has 0 aliphatic heterocycles. The van der Waals surface area contributed by atoms with Gasteiger partial charge in [0.15, 0.2) is 0 Å². The molecule has 0 bridgehead atoms. The van der Waals surface area contributed by atoms with E-state index in [4.69, 9.17) is 4.74 Å². The fourth-order valence-electron chi connectivity index (χ4n) is 5.98. The molecular formula is C22H26O5. The highest BCUT2D eigenvalue weighted by molar-refractivity contribution is 5.94. The van der Waals surface area contributed by atoms with E-state index in [0.29, 0.717) is 23.3 Å². The summed E-state index contributed by atoms with van der Waals surface area (Å²) in [5, 5.41) is 19.6. The van der Waals surface area contributed by atoms with E-state index in [1.807, 2.05) is 0 Å². The molecule has 0 aromatic heterocycles. The van der Waals surface area contributed by atoms with Gasteiger partial charge >= 0.3 is 5.97 Å². The first-order chi connectivity index (χ1) is 12.7. The molecule has 27 heavy (non-hydrogen) atoms. The van der Waals surface area contributed by atoms with Crippen LogP contribution in [0.5, 0.6) is 11.5 Å². The summed E-state index contributed by atoms with van der Waals surface area (Å²) in [5.41, 5.74) is 1.26. The Morgan fingerprint density at radius 3 is 2.70 bits per heavy atom. The number of carbonyl (C=O) groups excluding carboxylic acids is 2. The highest BCUT2D eigenvalue weighted by Gasteiger charge is 2.62. The van der Waals surface area contributed by atoms with Gasteiger partial charge in [0.05, 0.1) is 0 Å². The van der Waals surface area contributed by atoms with Crippen LogP contribution in [0.15, 0.2) is 23.8 Å². The number of aldehydes is 1. The molecule has 5 nitrogen and oxygen atoms in total. The van der Waals surface area contributed by atoms with Crippen LogP contribution in [0.3, 0.4) is 0 Å². The van der Waals surface area contributed by atoms with Gasteiger partial charge in [-0.2, -0.15) is 0 Å². The van der Waals surface area contributed by atoms with Crippen molar-refractivity contribution in [2.45, 2.75) is 46.1 Å². The minimum absolute atomic E-state index is 0.0165. The summed E-state index contributed by atoms with van der Waals surface area (Å²) in [7, 11) is 0. The number of allylic oxidation sites excluding steroid dienone is 1. The number of hydrogen-bond donors (Lipinski definition) is 2. The van der Waals surface area contributed by atoms with Crippen molar-refractivity contribution in [2.24, 2.45) is 29.1 Å². The lowest BCUT2D eigenvalue weighted by molar-refractivity contribution is -0.136. The predicted octanol–water partition coefficient (Wildman–Crippen LogP) is 3.76. The second-order valence-electron chi connectivity index (χ2n) is 8.92. The Hall–Kier alpha value is -2.30. The number of phenols is 2. The van der Waals surface area contributed by atoms with Crippen molar-refractivity contribution in [3.8, 4) is 11.5 Å². The van der Waals surface area contributed by atoms with Gasteiger partial charge in [0.1, 0.15) is 29.5 Å². The number of hydrogen-bond acceptors (Lipinski definition) is 5. The van der Waals surface area contributed by atoms with E-state index in [0.717, 1.165) is 37.2 Å². The summed E-state index contributed by atoms with van der Waals surface area (Å²) in [6.07, 6.45) is 5.68. The third-order valence-corrected chi connectivity index (χ3v) is 7.08. The Balaban J connectivity index is 1.58. The van der Waals surface area contributed by atoms with Crippen LogP contribution in [0.1, 0.15) is 49.0 Å². The molecular weight excluding hydrogens is 344 g/mol. The first-order valence-electron chi connectivity index (χ1n) is 9.65. The zero-order chi connectivity index (χ0) is 19.5. The summed E-state index contributed by atoms with van der Waals surface area (Å²) >= 11 is 0. The molecule has 1 aromatic carbocycles. The van der Waals surface area contributed by atoms with Crippen molar-refractivity contribution >= 4 is 12.3 Å². The quantitative estimate of drug-likeness (QED) is 0.625. The number of aromatic hydroxyl groups is 2. The van der Waals surface area contributed by atoms with Gasteiger partial charge in [0.2, 0.25) is 0 Å². The Bertz CT molecular complexity index is 818. The molecule has 4 rings (SSSR count). The van der Waals surface area contributed by atoms with Crippen LogP contribution in [0.2, 0.25) is 0 Å². The molecule has 3 aliphatic carbocycles. The third-order valence-electron chi connectivity index (χ3n) is 7.08. The van der Waals surface area contributed by atoms with Gasteiger partial charge in [0.25, 0.3) is 0 Å². The van der Waals surface area contributed by atoms with Crippen LogP contribution in [0.25, 0.3) is 0 Å². The average molecular weight is 370 g/mol. The van der Waals surface area contributed by atoms with Gasteiger partial charge in [-0.25, -0.2) is 4.79 Å². The second kappa shape index (κ2) is 6.11. The lowest BCUT2D eigenvalue weighted by atomic mass is 9.47. The van der Waals surface area contributed by atoms with Gasteiger partial charge in [-0.15, -0.1) is 0 Å². The van der Waals surface area contributed by atoms with E-state index < -0.39 is 5.97 Å². The van der Waals surface area contributed by atoms with Gasteiger partial charge < -0.3 is 14.9 Å². The smallest absolute Gasteiger partial charge is 0.342 e. The van der Waals surface area contributed by atoms with E-state index in [9.17, 15) is 19.8 Å². The number of benzene rings is 1. The Labute approximate surface area is 159 Å². The normalized spacial score (nSPS) is 36.9. The number of fused-ring (bicyclic) bond motifs is 3. The molecule has 2 saturated carbocycles. The monoisotopic (exact) mass is 370 g/mol. The van der Waals surface area contributed by atoms with Crippen LogP contribution >= 0.6 is 0 Å². The Kier molecular flexibility index (Phi) is 4.09. The molecule has 0 amide bonds. The van der Waals surface area contributed by atoms with Gasteiger partial charge in [-0.1, -0.05) is 19.9 Å². The highest BCUT2D eigenvalue weighted by Crippen LogP contribution is 2.64. The van der Waals surface area contributed by atoms with Gasteiger partial charge in [0, 0.05) is 12.0 Å². The second-order valence-corrected chi connectivity index (χ2v) is 8.92. The molecule has 0 heterocycles. The lowest BCUT2D eigenvalue weighted by Crippen LogP contribution is -2.58. The van der Waals surface area contributed by atoms with Crippen molar-refractivity contribution < 1.29 is 24.5 Å². The maximum absolute atomic E-state index is 12.7. The summed E-state index contributed by atoms with van der Waals surface area (Å²) in [6.45, 7) is 6.12. The fourth-order valence-corrected chi connectivity index (χ4v) is 5.98. The highest BCUT2D eigenvalue weighted by atomic mass is 16.5. The number of rotatable bonds is 3. The number of aryl methyl sites for hydroxylation is 1. The molecule has 6 atom stereocenters. The molecule has 2 fully saturated rings. The third kappa shape index (κ3) is 2.67. The van der Waals surface area contributed by atoms with Crippen LogP contribution in [0.4, 0.5) is 0 Å². The topological polar surface area (TPSA) is 83.8 Å². The number of ether oxygens (including phenoxy) is 1.